The quantitative estimate of drug-likeness (QED) is 0.856. The molecule has 0 saturated heterocycles. The van der Waals surface area contributed by atoms with E-state index in [1.807, 2.05) is 0 Å². The van der Waals surface area contributed by atoms with E-state index in [9.17, 15) is 9.18 Å². The van der Waals surface area contributed by atoms with Crippen molar-refractivity contribution in [2.45, 2.75) is 12.8 Å². The van der Waals surface area contributed by atoms with E-state index < -0.39 is 17.7 Å². The van der Waals surface area contributed by atoms with E-state index in [4.69, 9.17) is 14.6 Å². The van der Waals surface area contributed by atoms with Crippen molar-refractivity contribution in [3.63, 3.8) is 0 Å². The first kappa shape index (κ1) is 12.3. The Balaban J connectivity index is 3.41. The highest BCUT2D eigenvalue weighted by molar-refractivity contribution is 5.78. The van der Waals surface area contributed by atoms with Crippen molar-refractivity contribution < 1.29 is 23.8 Å². The van der Waals surface area contributed by atoms with Crippen LogP contribution in [0, 0.1) is 5.82 Å². The van der Waals surface area contributed by atoms with Gasteiger partial charge in [-0.2, -0.15) is 0 Å². The summed E-state index contributed by atoms with van der Waals surface area (Å²) in [6.07, 6.45) is 0. The molecule has 5 heteroatoms. The number of rotatable bonds is 4. The number of benzene rings is 1. The van der Waals surface area contributed by atoms with Crippen molar-refractivity contribution in [3.05, 3.63) is 23.5 Å². The summed E-state index contributed by atoms with van der Waals surface area (Å²) in [5, 5.41) is 8.93. The van der Waals surface area contributed by atoms with E-state index in [1.165, 1.54) is 33.3 Å². The average Bonchev–Trinajstić information content (AvgIpc) is 2.27. The first-order chi connectivity index (χ1) is 7.52. The van der Waals surface area contributed by atoms with Gasteiger partial charge in [0.2, 0.25) is 0 Å². The molecule has 0 bridgehead atoms. The molecular formula is C11H13FO4. The SMILES string of the molecule is COc1ccc(F)c(OC)c1C(C)C(=O)O. The molecule has 1 aromatic rings. The first-order valence-corrected chi connectivity index (χ1v) is 4.66. The molecule has 1 aromatic carbocycles. The second-order valence-electron chi connectivity index (χ2n) is 3.26. The Bertz CT molecular complexity index is 403. The van der Waals surface area contributed by atoms with Gasteiger partial charge in [-0.3, -0.25) is 4.79 Å². The third-order valence-electron chi connectivity index (χ3n) is 2.34. The fraction of sp³-hybridized carbons (Fsp3) is 0.364. The fourth-order valence-corrected chi connectivity index (χ4v) is 1.47. The van der Waals surface area contributed by atoms with Crippen LogP contribution >= 0.6 is 0 Å². The molecule has 0 spiro atoms. The monoisotopic (exact) mass is 228 g/mol. The third kappa shape index (κ3) is 2.08. The normalized spacial score (nSPS) is 12.0. The Labute approximate surface area is 92.6 Å². The highest BCUT2D eigenvalue weighted by Gasteiger charge is 2.25. The molecule has 16 heavy (non-hydrogen) atoms. The van der Waals surface area contributed by atoms with E-state index in [0.29, 0.717) is 5.75 Å². The second kappa shape index (κ2) is 4.83. The van der Waals surface area contributed by atoms with Crippen molar-refractivity contribution in [1.29, 1.82) is 0 Å². The van der Waals surface area contributed by atoms with Crippen molar-refractivity contribution >= 4 is 5.97 Å². The zero-order valence-corrected chi connectivity index (χ0v) is 9.28. The van der Waals surface area contributed by atoms with Gasteiger partial charge in [0.25, 0.3) is 0 Å². The minimum absolute atomic E-state index is 0.0887. The summed E-state index contributed by atoms with van der Waals surface area (Å²) in [5.41, 5.74) is 0.206. The summed E-state index contributed by atoms with van der Waals surface area (Å²) in [6.45, 7) is 1.45. The maximum atomic E-state index is 13.4. The van der Waals surface area contributed by atoms with Crippen LogP contribution in [0.25, 0.3) is 0 Å². The number of methoxy groups -OCH3 is 2. The maximum absolute atomic E-state index is 13.4. The topological polar surface area (TPSA) is 55.8 Å². The van der Waals surface area contributed by atoms with Gasteiger partial charge in [0, 0.05) is 0 Å². The summed E-state index contributed by atoms with van der Waals surface area (Å²) >= 11 is 0. The molecule has 0 fully saturated rings. The fourth-order valence-electron chi connectivity index (χ4n) is 1.47. The maximum Gasteiger partial charge on any atom is 0.310 e. The molecule has 1 atom stereocenters. The Hall–Kier alpha value is -1.78. The second-order valence-corrected chi connectivity index (χ2v) is 3.26. The molecule has 0 heterocycles. The van der Waals surface area contributed by atoms with Gasteiger partial charge in [0.15, 0.2) is 11.6 Å². The lowest BCUT2D eigenvalue weighted by Crippen LogP contribution is -2.11. The molecule has 4 nitrogen and oxygen atoms in total. The Morgan fingerprint density at radius 2 is 2.00 bits per heavy atom. The van der Waals surface area contributed by atoms with Crippen LogP contribution in [0.2, 0.25) is 0 Å². The van der Waals surface area contributed by atoms with E-state index in [2.05, 4.69) is 0 Å². The van der Waals surface area contributed by atoms with Gasteiger partial charge in [-0.25, -0.2) is 4.39 Å². The van der Waals surface area contributed by atoms with Crippen molar-refractivity contribution in [2.24, 2.45) is 0 Å². The number of ether oxygens (including phenoxy) is 2. The summed E-state index contributed by atoms with van der Waals surface area (Å²) in [5.74, 6) is -2.36. The number of hydrogen-bond acceptors (Lipinski definition) is 3. The van der Waals surface area contributed by atoms with Gasteiger partial charge >= 0.3 is 5.97 Å². The molecule has 0 amide bonds. The Morgan fingerprint density at radius 1 is 1.38 bits per heavy atom. The van der Waals surface area contributed by atoms with Gasteiger partial charge < -0.3 is 14.6 Å². The Morgan fingerprint density at radius 3 is 2.44 bits per heavy atom. The molecule has 0 aliphatic heterocycles. The number of carboxylic acid groups (broad SMARTS) is 1. The number of carboxylic acids is 1. The van der Waals surface area contributed by atoms with Crippen LogP contribution in [-0.2, 0) is 4.79 Å². The van der Waals surface area contributed by atoms with Gasteiger partial charge in [0.1, 0.15) is 5.75 Å². The van der Waals surface area contributed by atoms with Crippen LogP contribution in [0.5, 0.6) is 11.5 Å². The molecule has 1 N–H and O–H groups in total. The lowest BCUT2D eigenvalue weighted by atomic mass is 9.99. The van der Waals surface area contributed by atoms with Crippen LogP contribution in [0.15, 0.2) is 12.1 Å². The average molecular weight is 228 g/mol. The summed E-state index contributed by atoms with van der Waals surface area (Å²) < 4.78 is 23.3. The van der Waals surface area contributed by atoms with Crippen LogP contribution in [0.1, 0.15) is 18.4 Å². The molecule has 0 aromatic heterocycles. The van der Waals surface area contributed by atoms with Crippen molar-refractivity contribution in [3.8, 4) is 11.5 Å². The molecule has 1 rings (SSSR count). The van der Waals surface area contributed by atoms with Crippen molar-refractivity contribution in [2.75, 3.05) is 14.2 Å². The molecule has 88 valence electrons. The molecule has 0 aliphatic rings. The summed E-state index contributed by atoms with van der Waals surface area (Å²) in [7, 11) is 2.68. The minimum atomic E-state index is -1.07. The smallest absolute Gasteiger partial charge is 0.310 e. The Kier molecular flexibility index (Phi) is 3.71. The van der Waals surface area contributed by atoms with Gasteiger partial charge in [-0.05, 0) is 19.1 Å². The lowest BCUT2D eigenvalue weighted by molar-refractivity contribution is -0.138. The lowest BCUT2D eigenvalue weighted by Gasteiger charge is -2.16. The van der Waals surface area contributed by atoms with Crippen LogP contribution in [0.3, 0.4) is 0 Å². The van der Waals surface area contributed by atoms with Gasteiger partial charge in [-0.1, -0.05) is 0 Å². The molecule has 1 unspecified atom stereocenters. The first-order valence-electron chi connectivity index (χ1n) is 4.66. The predicted molar refractivity (Wildman–Crippen MR) is 55.6 cm³/mol. The van der Waals surface area contributed by atoms with Crippen LogP contribution in [-0.4, -0.2) is 25.3 Å². The number of halogens is 1. The minimum Gasteiger partial charge on any atom is -0.496 e. The van der Waals surface area contributed by atoms with Crippen LogP contribution < -0.4 is 9.47 Å². The van der Waals surface area contributed by atoms with Crippen molar-refractivity contribution in [1.82, 2.24) is 0 Å². The zero-order chi connectivity index (χ0) is 12.3. The van der Waals surface area contributed by atoms with E-state index >= 15 is 0 Å². The highest BCUT2D eigenvalue weighted by atomic mass is 19.1. The molecule has 0 aliphatic carbocycles. The number of aliphatic carboxylic acids is 1. The predicted octanol–water partition coefficient (Wildman–Crippen LogP) is 2.03. The molecular weight excluding hydrogens is 215 g/mol. The van der Waals surface area contributed by atoms with Crippen LogP contribution in [0.4, 0.5) is 4.39 Å². The summed E-state index contributed by atoms with van der Waals surface area (Å²) in [6, 6.07) is 2.56. The highest BCUT2D eigenvalue weighted by Crippen LogP contribution is 2.37. The molecule has 0 saturated carbocycles. The standard InChI is InChI=1S/C11H13FO4/c1-6(11(13)14)9-8(15-2)5-4-7(12)10(9)16-3/h4-6H,1-3H3,(H,13,14). The number of hydrogen-bond donors (Lipinski definition) is 1. The van der Waals surface area contributed by atoms with E-state index in [1.54, 1.807) is 0 Å². The number of carbonyl (C=O) groups is 1. The summed E-state index contributed by atoms with van der Waals surface area (Å²) in [4.78, 5) is 10.9. The molecule has 0 radical (unpaired) electrons. The van der Waals surface area contributed by atoms with E-state index in [-0.39, 0.29) is 11.3 Å². The van der Waals surface area contributed by atoms with Gasteiger partial charge in [0.05, 0.1) is 25.7 Å². The largest absolute Gasteiger partial charge is 0.496 e. The van der Waals surface area contributed by atoms with E-state index in [0.717, 1.165) is 0 Å². The zero-order valence-electron chi connectivity index (χ0n) is 9.28. The third-order valence-corrected chi connectivity index (χ3v) is 2.34. The van der Waals surface area contributed by atoms with Gasteiger partial charge in [-0.15, -0.1) is 0 Å².